The number of hydrogen-bond acceptors (Lipinski definition) is 5. The average Bonchev–Trinajstić information content (AvgIpc) is 2.97. The molecule has 1 aromatic carbocycles. The SMILES string of the molecule is Cc1ccc(C)c(NC(=O)CSc2nnc([C@@H]([NH3+])C(C)C)o2)c1. The predicted octanol–water partition coefficient (Wildman–Crippen LogP) is 2.36. The van der Waals surface area contributed by atoms with E-state index < -0.39 is 0 Å². The zero-order valence-electron chi connectivity index (χ0n) is 13.9. The second kappa shape index (κ2) is 7.61. The molecule has 1 amide bonds. The summed E-state index contributed by atoms with van der Waals surface area (Å²) in [5.74, 6) is 0.954. The minimum Gasteiger partial charge on any atom is -0.410 e. The number of aromatic nitrogens is 2. The lowest BCUT2D eigenvalue weighted by Gasteiger charge is -2.08. The molecule has 2 rings (SSSR count). The van der Waals surface area contributed by atoms with Crippen molar-refractivity contribution in [3.63, 3.8) is 0 Å². The molecule has 0 aliphatic heterocycles. The molecule has 1 atom stereocenters. The summed E-state index contributed by atoms with van der Waals surface area (Å²) in [6.45, 7) is 8.05. The number of amides is 1. The summed E-state index contributed by atoms with van der Waals surface area (Å²) in [6.07, 6.45) is 0. The highest BCUT2D eigenvalue weighted by Crippen LogP contribution is 2.22. The molecule has 0 saturated heterocycles. The number of hydrogen-bond donors (Lipinski definition) is 2. The summed E-state index contributed by atoms with van der Waals surface area (Å²) in [6, 6.07) is 5.92. The standard InChI is InChI=1S/C16H22N4O2S/c1-9(2)14(17)15-19-20-16(22-15)23-8-13(21)18-12-7-10(3)5-6-11(12)4/h5-7,9,14H,8,17H2,1-4H3,(H,18,21)/p+1/t14-/m0/s1. The molecule has 23 heavy (non-hydrogen) atoms. The molecule has 0 saturated carbocycles. The summed E-state index contributed by atoms with van der Waals surface area (Å²) in [4.78, 5) is 12.1. The molecule has 0 fully saturated rings. The predicted molar refractivity (Wildman–Crippen MR) is 90.0 cm³/mol. The van der Waals surface area contributed by atoms with Crippen molar-refractivity contribution in [2.45, 2.75) is 39.0 Å². The largest absolute Gasteiger partial charge is 0.410 e. The molecule has 0 radical (unpaired) electrons. The second-order valence-corrected chi connectivity index (χ2v) is 6.84. The fourth-order valence-corrected chi connectivity index (χ4v) is 2.47. The van der Waals surface area contributed by atoms with Gasteiger partial charge in [-0.05, 0) is 31.0 Å². The van der Waals surface area contributed by atoms with Gasteiger partial charge in [0.25, 0.3) is 11.1 Å². The van der Waals surface area contributed by atoms with Gasteiger partial charge in [0.05, 0.1) is 5.75 Å². The number of nitrogens with zero attached hydrogens (tertiary/aromatic N) is 2. The highest BCUT2D eigenvalue weighted by atomic mass is 32.2. The molecule has 6 nitrogen and oxygen atoms in total. The Bertz CT molecular complexity index is 684. The highest BCUT2D eigenvalue weighted by molar-refractivity contribution is 7.99. The van der Waals surface area contributed by atoms with Gasteiger partial charge in [0.2, 0.25) is 5.91 Å². The van der Waals surface area contributed by atoms with Crippen molar-refractivity contribution in [2.24, 2.45) is 5.92 Å². The van der Waals surface area contributed by atoms with Crippen LogP contribution in [0.4, 0.5) is 5.69 Å². The quantitative estimate of drug-likeness (QED) is 0.790. The molecule has 0 spiro atoms. The third kappa shape index (κ3) is 4.80. The molecule has 4 N–H and O–H groups in total. The number of nitrogens with one attached hydrogen (secondary N) is 1. The van der Waals surface area contributed by atoms with Gasteiger partial charge in [-0.2, -0.15) is 0 Å². The van der Waals surface area contributed by atoms with Gasteiger partial charge in [-0.25, -0.2) is 0 Å². The minimum atomic E-state index is -0.0986. The molecular weight excluding hydrogens is 312 g/mol. The van der Waals surface area contributed by atoms with E-state index in [1.54, 1.807) is 0 Å². The van der Waals surface area contributed by atoms with E-state index in [1.807, 2.05) is 45.9 Å². The molecular formula is C16H23N4O2S+. The first-order chi connectivity index (χ1) is 10.9. The maximum atomic E-state index is 12.1. The Kier molecular flexibility index (Phi) is 5.79. The van der Waals surface area contributed by atoms with Crippen LogP contribution in [0, 0.1) is 19.8 Å². The summed E-state index contributed by atoms with van der Waals surface area (Å²) < 4.78 is 5.55. The van der Waals surface area contributed by atoms with Gasteiger partial charge in [-0.1, -0.05) is 37.7 Å². The first kappa shape index (κ1) is 17.5. The van der Waals surface area contributed by atoms with Gasteiger partial charge >= 0.3 is 0 Å². The normalized spacial score (nSPS) is 12.4. The third-order valence-corrected chi connectivity index (χ3v) is 4.36. The van der Waals surface area contributed by atoms with Crippen molar-refractivity contribution in [1.82, 2.24) is 10.2 Å². The van der Waals surface area contributed by atoms with E-state index >= 15 is 0 Å². The fourth-order valence-electron chi connectivity index (χ4n) is 1.90. The molecule has 0 bridgehead atoms. The Hall–Kier alpha value is -1.86. The zero-order chi connectivity index (χ0) is 17.0. The molecule has 0 unspecified atom stereocenters. The Morgan fingerprint density at radius 2 is 2.09 bits per heavy atom. The summed E-state index contributed by atoms with van der Waals surface area (Å²) in [7, 11) is 0. The number of carbonyl (C=O) groups is 1. The Balaban J connectivity index is 1.91. The first-order valence-corrected chi connectivity index (χ1v) is 8.51. The van der Waals surface area contributed by atoms with Crippen LogP contribution in [0.2, 0.25) is 0 Å². The topological polar surface area (TPSA) is 95.7 Å². The molecule has 1 heterocycles. The zero-order valence-corrected chi connectivity index (χ0v) is 14.7. The van der Waals surface area contributed by atoms with Crippen LogP contribution in [-0.4, -0.2) is 21.9 Å². The van der Waals surface area contributed by atoms with E-state index in [-0.39, 0.29) is 17.7 Å². The van der Waals surface area contributed by atoms with Crippen LogP contribution in [-0.2, 0) is 4.79 Å². The number of aryl methyl sites for hydroxylation is 2. The second-order valence-electron chi connectivity index (χ2n) is 5.91. The number of carbonyl (C=O) groups excluding carboxylic acids is 1. The fraction of sp³-hybridized carbons (Fsp3) is 0.438. The van der Waals surface area contributed by atoms with E-state index in [9.17, 15) is 4.79 Å². The minimum absolute atomic E-state index is 0.0411. The lowest BCUT2D eigenvalue weighted by molar-refractivity contribution is -0.443. The van der Waals surface area contributed by atoms with Crippen LogP contribution >= 0.6 is 11.8 Å². The van der Waals surface area contributed by atoms with Crippen LogP contribution in [0.15, 0.2) is 27.8 Å². The van der Waals surface area contributed by atoms with E-state index in [2.05, 4.69) is 21.2 Å². The van der Waals surface area contributed by atoms with Crippen LogP contribution < -0.4 is 11.1 Å². The van der Waals surface area contributed by atoms with Gasteiger partial charge in [0.15, 0.2) is 6.04 Å². The van der Waals surface area contributed by atoms with Gasteiger partial charge < -0.3 is 15.5 Å². The van der Waals surface area contributed by atoms with Crippen molar-refractivity contribution in [1.29, 1.82) is 0 Å². The number of benzene rings is 1. The Morgan fingerprint density at radius 1 is 1.35 bits per heavy atom. The molecule has 7 heteroatoms. The maximum Gasteiger partial charge on any atom is 0.277 e. The maximum absolute atomic E-state index is 12.1. The number of thioether (sulfide) groups is 1. The smallest absolute Gasteiger partial charge is 0.277 e. The number of anilines is 1. The van der Waals surface area contributed by atoms with E-state index in [0.717, 1.165) is 16.8 Å². The van der Waals surface area contributed by atoms with Gasteiger partial charge in [0.1, 0.15) is 0 Å². The molecule has 1 aromatic heterocycles. The van der Waals surface area contributed by atoms with Crippen LogP contribution in [0.3, 0.4) is 0 Å². The monoisotopic (exact) mass is 335 g/mol. The van der Waals surface area contributed by atoms with E-state index in [4.69, 9.17) is 4.42 Å². The van der Waals surface area contributed by atoms with Crippen molar-refractivity contribution in [3.05, 3.63) is 35.2 Å². The molecule has 0 aliphatic carbocycles. The summed E-state index contributed by atoms with van der Waals surface area (Å²) in [5.41, 5.74) is 6.98. The van der Waals surface area contributed by atoms with Gasteiger partial charge in [-0.3, -0.25) is 4.79 Å². The van der Waals surface area contributed by atoms with Crippen molar-refractivity contribution >= 4 is 23.4 Å². The van der Waals surface area contributed by atoms with Gasteiger partial charge in [0, 0.05) is 11.6 Å². The van der Waals surface area contributed by atoms with E-state index in [0.29, 0.717) is 17.0 Å². The van der Waals surface area contributed by atoms with E-state index in [1.165, 1.54) is 11.8 Å². The Labute approximate surface area is 140 Å². The summed E-state index contributed by atoms with van der Waals surface area (Å²) >= 11 is 1.23. The van der Waals surface area contributed by atoms with Crippen LogP contribution in [0.1, 0.15) is 36.9 Å². The number of rotatable bonds is 6. The lowest BCUT2D eigenvalue weighted by Crippen LogP contribution is -2.56. The molecule has 124 valence electrons. The summed E-state index contributed by atoms with van der Waals surface area (Å²) in [5, 5.41) is 11.3. The Morgan fingerprint density at radius 3 is 2.78 bits per heavy atom. The first-order valence-electron chi connectivity index (χ1n) is 7.53. The van der Waals surface area contributed by atoms with Crippen LogP contribution in [0.25, 0.3) is 0 Å². The number of quaternary nitrogens is 1. The van der Waals surface area contributed by atoms with Gasteiger partial charge in [-0.15, -0.1) is 10.2 Å². The van der Waals surface area contributed by atoms with Crippen molar-refractivity contribution in [3.8, 4) is 0 Å². The molecule has 0 aliphatic rings. The third-order valence-electron chi connectivity index (χ3n) is 3.54. The van der Waals surface area contributed by atoms with Crippen LogP contribution in [0.5, 0.6) is 0 Å². The molecule has 2 aromatic rings. The van der Waals surface area contributed by atoms with Crippen molar-refractivity contribution in [2.75, 3.05) is 11.1 Å². The highest BCUT2D eigenvalue weighted by Gasteiger charge is 2.21. The lowest BCUT2D eigenvalue weighted by atomic mass is 10.1. The average molecular weight is 335 g/mol. The van der Waals surface area contributed by atoms with Crippen molar-refractivity contribution < 1.29 is 14.9 Å².